The zero-order chi connectivity index (χ0) is 26.1. The molecule has 2 saturated heterocycles. The number of hydrogen-bond acceptors (Lipinski definition) is 7. The van der Waals surface area contributed by atoms with E-state index in [9.17, 15) is 14.4 Å². The molecule has 194 valence electrons. The molecule has 5 heterocycles. The van der Waals surface area contributed by atoms with Gasteiger partial charge >= 0.3 is 0 Å². The van der Waals surface area contributed by atoms with Gasteiger partial charge in [0, 0.05) is 82.0 Å². The van der Waals surface area contributed by atoms with Gasteiger partial charge in [0.2, 0.25) is 11.8 Å². The molecule has 0 aliphatic carbocycles. The summed E-state index contributed by atoms with van der Waals surface area (Å²) in [6, 6.07) is 13.6. The number of fused-ring (bicyclic) bond motifs is 1. The van der Waals surface area contributed by atoms with Crippen LogP contribution in [0, 0.1) is 0 Å². The van der Waals surface area contributed by atoms with Gasteiger partial charge in [-0.05, 0) is 47.4 Å². The topological polar surface area (TPSA) is 98.7 Å². The third-order valence-electron chi connectivity index (χ3n) is 7.67. The van der Waals surface area contributed by atoms with E-state index in [2.05, 4.69) is 43.3 Å². The van der Waals surface area contributed by atoms with E-state index < -0.39 is 6.04 Å². The normalized spacial score (nSPS) is 20.5. The lowest BCUT2D eigenvalue weighted by Crippen LogP contribution is -2.52. The van der Waals surface area contributed by atoms with E-state index in [4.69, 9.17) is 0 Å². The molecule has 3 aliphatic heterocycles. The fourth-order valence-electron chi connectivity index (χ4n) is 5.56. The maximum atomic E-state index is 12.9. The van der Waals surface area contributed by atoms with Crippen molar-refractivity contribution < 1.29 is 14.4 Å². The minimum absolute atomic E-state index is 0.127. The number of imide groups is 1. The average molecular weight is 511 g/mol. The third kappa shape index (κ3) is 5.07. The predicted octanol–water partition coefficient (Wildman–Crippen LogP) is 2.22. The van der Waals surface area contributed by atoms with Crippen LogP contribution in [-0.4, -0.2) is 74.6 Å². The van der Waals surface area contributed by atoms with Gasteiger partial charge in [-0.15, -0.1) is 0 Å². The van der Waals surface area contributed by atoms with Gasteiger partial charge in [-0.1, -0.05) is 18.2 Å². The van der Waals surface area contributed by atoms with Crippen LogP contribution in [0.5, 0.6) is 0 Å². The predicted molar refractivity (Wildman–Crippen MR) is 141 cm³/mol. The Balaban J connectivity index is 1.02. The van der Waals surface area contributed by atoms with Crippen LogP contribution < -0.4 is 5.32 Å². The molecule has 3 amide bonds. The summed E-state index contributed by atoms with van der Waals surface area (Å²) < 4.78 is 0. The summed E-state index contributed by atoms with van der Waals surface area (Å²) in [5, 5.41) is 2.36. The molecular weight excluding hydrogens is 480 g/mol. The van der Waals surface area contributed by atoms with E-state index in [1.165, 1.54) is 11.1 Å². The molecule has 0 radical (unpaired) electrons. The number of piperidine rings is 1. The van der Waals surface area contributed by atoms with Gasteiger partial charge in [0.1, 0.15) is 6.04 Å². The van der Waals surface area contributed by atoms with Crippen LogP contribution in [0.4, 0.5) is 0 Å². The molecule has 3 aromatic rings. The van der Waals surface area contributed by atoms with Crippen LogP contribution in [0.25, 0.3) is 11.3 Å². The first-order chi connectivity index (χ1) is 18.5. The zero-order valence-corrected chi connectivity index (χ0v) is 21.2. The van der Waals surface area contributed by atoms with Crippen LogP contribution in [0.1, 0.15) is 39.9 Å². The Bertz CT molecular complexity index is 1350. The molecule has 0 saturated carbocycles. The molecule has 2 aromatic heterocycles. The van der Waals surface area contributed by atoms with E-state index in [1.807, 2.05) is 30.5 Å². The Morgan fingerprint density at radius 2 is 1.58 bits per heavy atom. The summed E-state index contributed by atoms with van der Waals surface area (Å²) in [6.07, 6.45) is 6.17. The Kier molecular flexibility index (Phi) is 6.70. The van der Waals surface area contributed by atoms with Crippen molar-refractivity contribution in [3.8, 4) is 11.3 Å². The smallest absolute Gasteiger partial charge is 0.255 e. The largest absolute Gasteiger partial charge is 0.322 e. The number of nitrogens with one attached hydrogen (secondary N) is 1. The van der Waals surface area contributed by atoms with Crippen molar-refractivity contribution in [2.75, 3.05) is 26.2 Å². The lowest BCUT2D eigenvalue weighted by Gasteiger charge is -2.34. The van der Waals surface area contributed by atoms with E-state index in [-0.39, 0.29) is 24.1 Å². The number of amides is 3. The third-order valence-corrected chi connectivity index (χ3v) is 7.67. The molecule has 6 rings (SSSR count). The monoisotopic (exact) mass is 510 g/mol. The summed E-state index contributed by atoms with van der Waals surface area (Å²) in [6.45, 7) is 6.04. The summed E-state index contributed by atoms with van der Waals surface area (Å²) in [4.78, 5) is 51.9. The molecule has 3 aliphatic rings. The van der Waals surface area contributed by atoms with E-state index in [0.29, 0.717) is 18.5 Å². The Morgan fingerprint density at radius 3 is 2.26 bits per heavy atom. The molecule has 38 heavy (non-hydrogen) atoms. The molecule has 1 unspecified atom stereocenters. The van der Waals surface area contributed by atoms with Gasteiger partial charge in [0.15, 0.2) is 0 Å². The highest BCUT2D eigenvalue weighted by molar-refractivity contribution is 6.05. The number of benzene rings is 1. The highest BCUT2D eigenvalue weighted by Crippen LogP contribution is 2.28. The number of rotatable bonds is 6. The van der Waals surface area contributed by atoms with Crippen LogP contribution in [0.3, 0.4) is 0 Å². The zero-order valence-electron chi connectivity index (χ0n) is 21.2. The molecule has 9 heteroatoms. The summed E-state index contributed by atoms with van der Waals surface area (Å²) >= 11 is 0. The number of aromatic nitrogens is 2. The quantitative estimate of drug-likeness (QED) is 0.508. The van der Waals surface area contributed by atoms with Crippen LogP contribution >= 0.6 is 0 Å². The molecule has 1 aromatic carbocycles. The summed E-state index contributed by atoms with van der Waals surface area (Å²) in [5.41, 5.74) is 6.02. The SMILES string of the molecule is O=C1CCC(N2Cc3cc(CN4CCN(Cc5ccc(-c6ccncc6)nc5)CC4)ccc3C2=O)C(=O)N1. The fourth-order valence-corrected chi connectivity index (χ4v) is 5.56. The second kappa shape index (κ2) is 10.4. The van der Waals surface area contributed by atoms with Gasteiger partial charge in [-0.25, -0.2) is 0 Å². The van der Waals surface area contributed by atoms with Crippen molar-refractivity contribution in [3.63, 3.8) is 0 Å². The minimum Gasteiger partial charge on any atom is -0.322 e. The number of piperazine rings is 1. The second-order valence-corrected chi connectivity index (χ2v) is 10.2. The Morgan fingerprint density at radius 1 is 0.868 bits per heavy atom. The lowest BCUT2D eigenvalue weighted by atomic mass is 10.0. The lowest BCUT2D eigenvalue weighted by molar-refractivity contribution is -0.136. The maximum absolute atomic E-state index is 12.9. The van der Waals surface area contributed by atoms with E-state index >= 15 is 0 Å². The first-order valence-electron chi connectivity index (χ1n) is 13.1. The van der Waals surface area contributed by atoms with Gasteiger partial charge in [-0.2, -0.15) is 0 Å². The molecule has 2 fully saturated rings. The first kappa shape index (κ1) is 24.4. The van der Waals surface area contributed by atoms with Crippen molar-refractivity contribution >= 4 is 17.7 Å². The number of carbonyl (C=O) groups is 3. The Labute approximate surface area is 221 Å². The van der Waals surface area contributed by atoms with Crippen molar-refractivity contribution in [1.29, 1.82) is 0 Å². The van der Waals surface area contributed by atoms with E-state index in [1.54, 1.807) is 17.3 Å². The molecule has 1 N–H and O–H groups in total. The number of pyridine rings is 2. The fraction of sp³-hybridized carbons (Fsp3) is 0.345. The van der Waals surface area contributed by atoms with Crippen LogP contribution in [0.15, 0.2) is 61.1 Å². The molecular formula is C29H30N6O3. The highest BCUT2D eigenvalue weighted by atomic mass is 16.2. The minimum atomic E-state index is -0.578. The standard InChI is InChI=1S/C29H30N6O3/c36-27-6-5-26(28(37)32-27)35-19-23-15-20(1-3-24(23)29(35)38)17-33-11-13-34(14-12-33)18-21-2-4-25(31-16-21)22-7-9-30-10-8-22/h1-4,7-10,15-16,26H,5-6,11-14,17-19H2,(H,32,36,37). The second-order valence-electron chi connectivity index (χ2n) is 10.2. The van der Waals surface area contributed by atoms with Crippen molar-refractivity contribution in [3.05, 3.63) is 83.3 Å². The first-order valence-corrected chi connectivity index (χ1v) is 13.1. The van der Waals surface area contributed by atoms with Crippen LogP contribution in [-0.2, 0) is 29.2 Å². The molecule has 9 nitrogen and oxygen atoms in total. The van der Waals surface area contributed by atoms with Crippen LogP contribution in [0.2, 0.25) is 0 Å². The number of nitrogens with zero attached hydrogens (tertiary/aromatic N) is 5. The Hall–Kier alpha value is -3.95. The van der Waals surface area contributed by atoms with Gasteiger partial charge in [0.25, 0.3) is 5.91 Å². The maximum Gasteiger partial charge on any atom is 0.255 e. The molecule has 1 atom stereocenters. The van der Waals surface area contributed by atoms with Crippen molar-refractivity contribution in [1.82, 2.24) is 30.0 Å². The number of hydrogen-bond donors (Lipinski definition) is 1. The highest BCUT2D eigenvalue weighted by Gasteiger charge is 2.39. The molecule has 0 bridgehead atoms. The van der Waals surface area contributed by atoms with Gasteiger partial charge in [-0.3, -0.25) is 39.5 Å². The van der Waals surface area contributed by atoms with E-state index in [0.717, 1.165) is 56.1 Å². The van der Waals surface area contributed by atoms with Crippen molar-refractivity contribution in [2.24, 2.45) is 0 Å². The van der Waals surface area contributed by atoms with Gasteiger partial charge < -0.3 is 4.90 Å². The van der Waals surface area contributed by atoms with Crippen molar-refractivity contribution in [2.45, 2.75) is 38.5 Å². The van der Waals surface area contributed by atoms with Gasteiger partial charge in [0.05, 0.1) is 5.69 Å². The summed E-state index contributed by atoms with van der Waals surface area (Å²) in [7, 11) is 0. The molecule has 0 spiro atoms. The number of carbonyl (C=O) groups excluding carboxylic acids is 3. The summed E-state index contributed by atoms with van der Waals surface area (Å²) in [5.74, 6) is -0.771. The average Bonchev–Trinajstić information content (AvgIpc) is 3.26.